The lowest BCUT2D eigenvalue weighted by Crippen LogP contribution is -2.46. The predicted octanol–water partition coefficient (Wildman–Crippen LogP) is 6.76. The SMILES string of the molecule is C=CCC1(C(=O)O[C@@H]2C[C@H](C)CC[C@H]2C(C)(C)c2ccccc2)C=C(C)CC=C1OC. The molecule has 1 fully saturated rings. The van der Waals surface area contributed by atoms with Crippen LogP contribution in [-0.4, -0.2) is 19.2 Å². The third-order valence-corrected chi connectivity index (χ3v) is 7.35. The summed E-state index contributed by atoms with van der Waals surface area (Å²) in [5.41, 5.74) is 1.44. The van der Waals surface area contributed by atoms with Crippen molar-refractivity contribution >= 4 is 5.97 Å². The predicted molar refractivity (Wildman–Crippen MR) is 127 cm³/mol. The molecule has 0 aliphatic heterocycles. The van der Waals surface area contributed by atoms with E-state index in [-0.39, 0.29) is 23.4 Å². The minimum absolute atomic E-state index is 0.0871. The van der Waals surface area contributed by atoms with Crippen molar-refractivity contribution in [1.29, 1.82) is 0 Å². The molecule has 0 saturated heterocycles. The number of benzene rings is 1. The molecule has 4 atom stereocenters. The molecular weight excluding hydrogens is 384 g/mol. The first-order valence-electron chi connectivity index (χ1n) is 11.5. The van der Waals surface area contributed by atoms with Gasteiger partial charge in [-0.25, -0.2) is 0 Å². The minimum Gasteiger partial charge on any atom is -0.500 e. The number of hydrogen-bond acceptors (Lipinski definition) is 3. The van der Waals surface area contributed by atoms with Crippen molar-refractivity contribution in [3.05, 3.63) is 72.0 Å². The number of carbonyl (C=O) groups is 1. The zero-order valence-electron chi connectivity index (χ0n) is 19.8. The van der Waals surface area contributed by atoms with Crippen LogP contribution < -0.4 is 0 Å². The first-order valence-corrected chi connectivity index (χ1v) is 11.5. The van der Waals surface area contributed by atoms with E-state index in [0.717, 1.165) is 31.3 Å². The van der Waals surface area contributed by atoms with Gasteiger partial charge in [0.2, 0.25) is 0 Å². The summed E-state index contributed by atoms with van der Waals surface area (Å²) < 4.78 is 12.1. The van der Waals surface area contributed by atoms with Gasteiger partial charge in [-0.05, 0) is 55.6 Å². The maximum Gasteiger partial charge on any atom is 0.324 e. The van der Waals surface area contributed by atoms with Crippen molar-refractivity contribution in [1.82, 2.24) is 0 Å². The lowest BCUT2D eigenvalue weighted by Gasteiger charge is -2.45. The summed E-state index contributed by atoms with van der Waals surface area (Å²) >= 11 is 0. The molecule has 1 unspecified atom stereocenters. The number of ether oxygens (including phenoxy) is 2. The van der Waals surface area contributed by atoms with Crippen LogP contribution in [0.25, 0.3) is 0 Å². The van der Waals surface area contributed by atoms with E-state index in [1.807, 2.05) is 12.2 Å². The monoisotopic (exact) mass is 422 g/mol. The maximum absolute atomic E-state index is 13.8. The average molecular weight is 423 g/mol. The van der Waals surface area contributed by atoms with Crippen molar-refractivity contribution < 1.29 is 14.3 Å². The third kappa shape index (κ3) is 4.66. The molecule has 0 spiro atoms. The zero-order chi connectivity index (χ0) is 22.6. The van der Waals surface area contributed by atoms with Gasteiger partial charge in [0.15, 0.2) is 0 Å². The van der Waals surface area contributed by atoms with Gasteiger partial charge in [-0.1, -0.05) is 75.2 Å². The normalized spacial score (nSPS) is 28.9. The number of hydrogen-bond donors (Lipinski definition) is 0. The van der Waals surface area contributed by atoms with Crippen LogP contribution in [0.15, 0.2) is 66.5 Å². The highest BCUT2D eigenvalue weighted by Crippen LogP contribution is 2.46. The lowest BCUT2D eigenvalue weighted by atomic mass is 9.64. The van der Waals surface area contributed by atoms with Gasteiger partial charge < -0.3 is 9.47 Å². The summed E-state index contributed by atoms with van der Waals surface area (Å²) in [4.78, 5) is 13.8. The van der Waals surface area contributed by atoms with Crippen molar-refractivity contribution in [2.45, 2.75) is 71.3 Å². The fourth-order valence-electron chi connectivity index (χ4n) is 5.49. The van der Waals surface area contributed by atoms with Gasteiger partial charge in [-0.15, -0.1) is 6.58 Å². The number of carbonyl (C=O) groups excluding carboxylic acids is 1. The molecule has 1 aromatic carbocycles. The van der Waals surface area contributed by atoms with E-state index in [9.17, 15) is 4.79 Å². The summed E-state index contributed by atoms with van der Waals surface area (Å²) in [6.45, 7) is 12.8. The van der Waals surface area contributed by atoms with Crippen molar-refractivity contribution in [3.8, 4) is 0 Å². The van der Waals surface area contributed by atoms with Crippen LogP contribution in [0.1, 0.15) is 65.4 Å². The Morgan fingerprint density at radius 2 is 1.97 bits per heavy atom. The van der Waals surface area contributed by atoms with Crippen LogP contribution in [0, 0.1) is 17.3 Å². The second-order valence-corrected chi connectivity index (χ2v) is 9.99. The molecule has 0 bridgehead atoms. The smallest absolute Gasteiger partial charge is 0.324 e. The van der Waals surface area contributed by atoms with Gasteiger partial charge in [0, 0.05) is 5.92 Å². The van der Waals surface area contributed by atoms with Gasteiger partial charge in [0.25, 0.3) is 0 Å². The quantitative estimate of drug-likeness (QED) is 0.360. The highest BCUT2D eigenvalue weighted by Gasteiger charge is 2.48. The van der Waals surface area contributed by atoms with Gasteiger partial charge >= 0.3 is 5.97 Å². The van der Waals surface area contributed by atoms with E-state index in [1.165, 1.54) is 5.56 Å². The van der Waals surface area contributed by atoms with Crippen LogP contribution in [0.2, 0.25) is 0 Å². The van der Waals surface area contributed by atoms with Gasteiger partial charge in [-0.2, -0.15) is 0 Å². The number of methoxy groups -OCH3 is 1. The zero-order valence-corrected chi connectivity index (χ0v) is 19.8. The second-order valence-electron chi connectivity index (χ2n) is 9.99. The molecule has 2 aliphatic carbocycles. The average Bonchev–Trinajstić information content (AvgIpc) is 2.74. The molecule has 0 radical (unpaired) electrons. The Morgan fingerprint density at radius 1 is 1.26 bits per heavy atom. The molecule has 1 aromatic rings. The van der Waals surface area contributed by atoms with E-state index in [2.05, 4.69) is 64.6 Å². The molecule has 1 saturated carbocycles. The molecule has 168 valence electrons. The van der Waals surface area contributed by atoms with E-state index in [0.29, 0.717) is 18.1 Å². The Morgan fingerprint density at radius 3 is 2.61 bits per heavy atom. The first kappa shape index (κ1) is 23.4. The standard InChI is InChI=1S/C28H38O3/c1-7-17-28(19-21(3)14-16-25(28)30-6)26(29)31-24-18-20(2)13-15-23(24)27(4,5)22-11-9-8-10-12-22/h7-12,16,19-20,23-24H,1,13-15,17-18H2,2-6H3/t20-,23-,24-,28?/m1/s1. The van der Waals surface area contributed by atoms with Gasteiger partial charge in [-0.3, -0.25) is 4.79 Å². The summed E-state index contributed by atoms with van der Waals surface area (Å²) in [5.74, 6) is 1.26. The van der Waals surface area contributed by atoms with Crippen LogP contribution in [0.5, 0.6) is 0 Å². The summed E-state index contributed by atoms with van der Waals surface area (Å²) in [7, 11) is 1.63. The molecule has 3 heteroatoms. The lowest BCUT2D eigenvalue weighted by molar-refractivity contribution is -0.166. The third-order valence-electron chi connectivity index (χ3n) is 7.35. The fraction of sp³-hybridized carbons (Fsp3) is 0.536. The van der Waals surface area contributed by atoms with Crippen molar-refractivity contribution in [2.24, 2.45) is 17.3 Å². The number of esters is 1. The molecule has 31 heavy (non-hydrogen) atoms. The highest BCUT2D eigenvalue weighted by molar-refractivity contribution is 5.83. The molecule has 0 amide bonds. The maximum atomic E-state index is 13.8. The Balaban J connectivity index is 1.93. The van der Waals surface area contributed by atoms with E-state index in [1.54, 1.807) is 13.2 Å². The van der Waals surface area contributed by atoms with Gasteiger partial charge in [0.1, 0.15) is 17.3 Å². The molecule has 3 rings (SSSR count). The Labute approximate surface area is 188 Å². The Bertz CT molecular complexity index is 848. The number of allylic oxidation sites excluding steroid dienone is 3. The summed E-state index contributed by atoms with van der Waals surface area (Å²) in [6, 6.07) is 10.6. The Kier molecular flexibility index (Phi) is 7.13. The van der Waals surface area contributed by atoms with E-state index < -0.39 is 5.41 Å². The molecule has 2 aliphatic rings. The fourth-order valence-corrected chi connectivity index (χ4v) is 5.49. The molecule has 0 heterocycles. The van der Waals surface area contributed by atoms with Crippen LogP contribution in [0.4, 0.5) is 0 Å². The molecule has 0 N–H and O–H groups in total. The molecule has 3 nitrogen and oxygen atoms in total. The van der Waals surface area contributed by atoms with Crippen LogP contribution in [-0.2, 0) is 19.7 Å². The van der Waals surface area contributed by atoms with E-state index >= 15 is 0 Å². The summed E-state index contributed by atoms with van der Waals surface area (Å²) in [6.07, 6.45) is 10.1. The summed E-state index contributed by atoms with van der Waals surface area (Å²) in [5, 5.41) is 0. The number of rotatable bonds is 7. The second kappa shape index (κ2) is 9.46. The largest absolute Gasteiger partial charge is 0.500 e. The minimum atomic E-state index is -0.916. The molecular formula is C28H38O3. The molecule has 0 aromatic heterocycles. The van der Waals surface area contributed by atoms with E-state index in [4.69, 9.17) is 9.47 Å². The highest BCUT2D eigenvalue weighted by atomic mass is 16.5. The Hall–Kier alpha value is -2.29. The van der Waals surface area contributed by atoms with Gasteiger partial charge in [0.05, 0.1) is 7.11 Å². The van der Waals surface area contributed by atoms with Crippen LogP contribution in [0.3, 0.4) is 0 Å². The van der Waals surface area contributed by atoms with Crippen molar-refractivity contribution in [2.75, 3.05) is 7.11 Å². The first-order chi connectivity index (χ1) is 14.7. The topological polar surface area (TPSA) is 35.5 Å². The van der Waals surface area contributed by atoms with Crippen molar-refractivity contribution in [3.63, 3.8) is 0 Å². The van der Waals surface area contributed by atoms with Crippen LogP contribution >= 0.6 is 0 Å².